The molecule has 3 heterocycles. The van der Waals surface area contributed by atoms with Crippen LogP contribution in [-0.4, -0.2) is 33.0 Å². The van der Waals surface area contributed by atoms with Crippen LogP contribution < -0.4 is 16.2 Å². The number of aryl methyl sites for hydroxylation is 1. The summed E-state index contributed by atoms with van der Waals surface area (Å²) in [6.45, 7) is 0.538. The van der Waals surface area contributed by atoms with E-state index >= 15 is 0 Å². The monoisotopic (exact) mass is 443 g/mol. The Hall–Kier alpha value is -3.43. The van der Waals surface area contributed by atoms with Gasteiger partial charge < -0.3 is 15.2 Å². The van der Waals surface area contributed by atoms with Crippen molar-refractivity contribution in [3.05, 3.63) is 52.7 Å². The van der Waals surface area contributed by atoms with Gasteiger partial charge in [-0.3, -0.25) is 9.59 Å². The Bertz CT molecular complexity index is 1280. The number of halogens is 3. The van der Waals surface area contributed by atoms with Gasteiger partial charge in [0.2, 0.25) is 5.91 Å². The molecule has 0 unspecified atom stereocenters. The number of hydrogen-bond donors (Lipinski definition) is 2. The first-order valence-corrected chi connectivity index (χ1v) is 10.3. The van der Waals surface area contributed by atoms with Gasteiger partial charge in [0.1, 0.15) is 11.2 Å². The van der Waals surface area contributed by atoms with Gasteiger partial charge in [0.05, 0.1) is 22.8 Å². The van der Waals surface area contributed by atoms with Crippen molar-refractivity contribution in [3.8, 4) is 11.1 Å². The van der Waals surface area contributed by atoms with Crippen LogP contribution in [0.4, 0.5) is 19.0 Å². The Balaban J connectivity index is 1.60. The van der Waals surface area contributed by atoms with Crippen molar-refractivity contribution in [2.45, 2.75) is 31.5 Å². The molecule has 1 saturated heterocycles. The number of aromatic nitrogens is 3. The third-order valence-electron chi connectivity index (χ3n) is 6.41. The van der Waals surface area contributed by atoms with Gasteiger partial charge >= 0.3 is 6.18 Å². The molecule has 1 aromatic carbocycles. The lowest BCUT2D eigenvalue weighted by Crippen LogP contribution is -2.50. The molecular weight excluding hydrogens is 423 g/mol. The van der Waals surface area contributed by atoms with E-state index < -0.39 is 17.2 Å². The fourth-order valence-corrected chi connectivity index (χ4v) is 4.40. The highest BCUT2D eigenvalue weighted by molar-refractivity contribution is 5.99. The van der Waals surface area contributed by atoms with E-state index in [0.29, 0.717) is 35.4 Å². The van der Waals surface area contributed by atoms with Gasteiger partial charge in [0.15, 0.2) is 0 Å². The average molecular weight is 443 g/mol. The van der Waals surface area contributed by atoms with Crippen molar-refractivity contribution in [3.63, 3.8) is 0 Å². The normalized spacial score (nSPS) is 19.8. The predicted molar refractivity (Wildman–Crippen MR) is 112 cm³/mol. The molecule has 1 aliphatic carbocycles. The molecule has 3 aromatic rings. The molecular formula is C22H20F3N5O2. The fraction of sp³-hybridized carbons (Fsp3) is 0.364. The molecule has 2 fully saturated rings. The number of alkyl halides is 3. The van der Waals surface area contributed by atoms with E-state index in [4.69, 9.17) is 0 Å². The summed E-state index contributed by atoms with van der Waals surface area (Å²) in [6, 6.07) is 4.51. The highest BCUT2D eigenvalue weighted by Crippen LogP contribution is 2.52. The number of pyridine rings is 1. The molecule has 2 aromatic heterocycles. The zero-order valence-corrected chi connectivity index (χ0v) is 17.2. The van der Waals surface area contributed by atoms with E-state index in [9.17, 15) is 22.8 Å². The fourth-order valence-electron chi connectivity index (χ4n) is 4.40. The van der Waals surface area contributed by atoms with Crippen molar-refractivity contribution < 1.29 is 18.0 Å². The van der Waals surface area contributed by atoms with Crippen LogP contribution in [0.1, 0.15) is 24.8 Å². The summed E-state index contributed by atoms with van der Waals surface area (Å²) in [5, 5.41) is 6.45. The summed E-state index contributed by atoms with van der Waals surface area (Å²) < 4.78 is 40.1. The maximum absolute atomic E-state index is 13.0. The quantitative estimate of drug-likeness (QED) is 0.650. The number of carbonyl (C=O) groups excluding carboxylic acids is 1. The molecule has 1 atom stereocenters. The summed E-state index contributed by atoms with van der Waals surface area (Å²) in [5.41, 5.74) is -0.297. The second kappa shape index (κ2) is 7.04. The summed E-state index contributed by atoms with van der Waals surface area (Å²) in [6.07, 6.45) is 0.686. The number of piperidine rings is 1. The Morgan fingerprint density at radius 1 is 1.16 bits per heavy atom. The van der Waals surface area contributed by atoms with Crippen molar-refractivity contribution in [2.75, 3.05) is 11.9 Å². The average Bonchev–Trinajstić information content (AvgIpc) is 3.55. The van der Waals surface area contributed by atoms with E-state index in [-0.39, 0.29) is 22.9 Å². The molecule has 0 bridgehead atoms. The van der Waals surface area contributed by atoms with Crippen molar-refractivity contribution in [1.82, 2.24) is 19.9 Å². The van der Waals surface area contributed by atoms with Crippen LogP contribution in [-0.2, 0) is 18.0 Å². The molecule has 7 nitrogen and oxygen atoms in total. The first-order valence-electron chi connectivity index (χ1n) is 10.3. The highest BCUT2D eigenvalue weighted by Gasteiger charge is 2.57. The van der Waals surface area contributed by atoms with Crippen LogP contribution in [0.5, 0.6) is 0 Å². The minimum atomic E-state index is -4.44. The van der Waals surface area contributed by atoms with Crippen LogP contribution in [0.2, 0.25) is 0 Å². The van der Waals surface area contributed by atoms with E-state index in [1.807, 2.05) is 0 Å². The highest BCUT2D eigenvalue weighted by atomic mass is 19.4. The van der Waals surface area contributed by atoms with Crippen molar-refractivity contribution >= 4 is 22.6 Å². The minimum absolute atomic E-state index is 0.0120. The molecule has 1 saturated carbocycles. The first kappa shape index (κ1) is 20.5. The number of rotatable bonds is 3. The number of nitrogens with zero attached hydrogens (tertiary/aromatic N) is 3. The standard InChI is InChI=1S/C22H20F3N5O2/c1-30-11-28-17-14(12-2-4-13(5-3-12)22(23,24)25)10-27-18(16(17)19(30)31)29-15-6-9-26-20(32)21(15)7-8-21/h2-5,10-11,15H,6-9H2,1H3,(H,26,32)(H,27,29)/t15-/m0/s1. The van der Waals surface area contributed by atoms with E-state index in [1.54, 1.807) is 7.05 Å². The third kappa shape index (κ3) is 3.21. The van der Waals surface area contributed by atoms with Gasteiger partial charge in [-0.05, 0) is 37.0 Å². The summed E-state index contributed by atoms with van der Waals surface area (Å²) in [7, 11) is 1.57. The molecule has 1 amide bonds. The molecule has 166 valence electrons. The Morgan fingerprint density at radius 2 is 1.88 bits per heavy atom. The van der Waals surface area contributed by atoms with Gasteiger partial charge in [0.25, 0.3) is 5.56 Å². The number of nitrogens with one attached hydrogen (secondary N) is 2. The van der Waals surface area contributed by atoms with Crippen molar-refractivity contribution in [2.24, 2.45) is 12.5 Å². The van der Waals surface area contributed by atoms with Crippen LogP contribution in [0.15, 0.2) is 41.6 Å². The molecule has 0 radical (unpaired) electrons. The second-order valence-corrected chi connectivity index (χ2v) is 8.38. The van der Waals surface area contributed by atoms with Crippen molar-refractivity contribution in [1.29, 1.82) is 0 Å². The third-order valence-corrected chi connectivity index (χ3v) is 6.41. The molecule has 10 heteroatoms. The second-order valence-electron chi connectivity index (χ2n) is 8.38. The number of hydrogen-bond acceptors (Lipinski definition) is 5. The molecule has 1 aliphatic heterocycles. The smallest absolute Gasteiger partial charge is 0.365 e. The van der Waals surface area contributed by atoms with E-state index in [0.717, 1.165) is 25.0 Å². The van der Waals surface area contributed by atoms with Crippen LogP contribution in [0.25, 0.3) is 22.0 Å². The van der Waals surface area contributed by atoms with Crippen LogP contribution in [0, 0.1) is 5.41 Å². The summed E-state index contributed by atoms with van der Waals surface area (Å²) >= 11 is 0. The lowest BCUT2D eigenvalue weighted by atomic mass is 9.89. The van der Waals surface area contributed by atoms with E-state index in [2.05, 4.69) is 20.6 Å². The van der Waals surface area contributed by atoms with E-state index in [1.165, 1.54) is 29.2 Å². The predicted octanol–water partition coefficient (Wildman–Crippen LogP) is 3.09. The number of amides is 1. The number of carbonyl (C=O) groups is 1. The largest absolute Gasteiger partial charge is 0.416 e. The zero-order valence-electron chi connectivity index (χ0n) is 17.2. The van der Waals surface area contributed by atoms with Gasteiger partial charge in [-0.15, -0.1) is 0 Å². The lowest BCUT2D eigenvalue weighted by molar-refractivity contribution is -0.137. The molecule has 32 heavy (non-hydrogen) atoms. The first-order chi connectivity index (χ1) is 15.2. The number of benzene rings is 1. The lowest BCUT2D eigenvalue weighted by Gasteiger charge is -2.32. The number of anilines is 1. The van der Waals surface area contributed by atoms with Gasteiger partial charge in [-0.25, -0.2) is 9.97 Å². The topological polar surface area (TPSA) is 88.9 Å². The maximum Gasteiger partial charge on any atom is 0.416 e. The minimum Gasteiger partial charge on any atom is -0.365 e. The van der Waals surface area contributed by atoms with Crippen LogP contribution >= 0.6 is 0 Å². The molecule has 1 spiro atoms. The molecule has 2 N–H and O–H groups in total. The van der Waals surface area contributed by atoms with Gasteiger partial charge in [-0.2, -0.15) is 13.2 Å². The SMILES string of the molecule is Cn1cnc2c(-c3ccc(C(F)(F)F)cc3)cnc(N[C@H]3CCNC(=O)C34CC4)c2c1=O. The van der Waals surface area contributed by atoms with Gasteiger partial charge in [0, 0.05) is 31.4 Å². The Kier molecular flexibility index (Phi) is 4.51. The van der Waals surface area contributed by atoms with Crippen LogP contribution in [0.3, 0.4) is 0 Å². The summed E-state index contributed by atoms with van der Waals surface area (Å²) in [5.74, 6) is 0.341. The molecule has 2 aliphatic rings. The zero-order chi connectivity index (χ0) is 22.7. The summed E-state index contributed by atoms with van der Waals surface area (Å²) in [4.78, 5) is 34.2. The Labute approximate surface area is 180 Å². The Morgan fingerprint density at radius 3 is 2.53 bits per heavy atom. The number of fused-ring (bicyclic) bond motifs is 1. The maximum atomic E-state index is 13.0. The van der Waals surface area contributed by atoms with Gasteiger partial charge in [-0.1, -0.05) is 12.1 Å². The molecule has 5 rings (SSSR count).